The van der Waals surface area contributed by atoms with Crippen molar-refractivity contribution >= 4 is 27.6 Å². The maximum atomic E-state index is 12.9. The number of carbonyl (C=O) groups is 1. The quantitative estimate of drug-likeness (QED) is 0.609. The van der Waals surface area contributed by atoms with Crippen LogP contribution in [0.4, 0.5) is 0 Å². The molecule has 0 atom stereocenters. The Morgan fingerprint density at radius 2 is 1.52 bits per heavy atom. The molecule has 0 aromatic heterocycles. The summed E-state index contributed by atoms with van der Waals surface area (Å²) in [5.41, 5.74) is 1.94. The minimum atomic E-state index is -3.78. The molecule has 8 heteroatoms. The average molecular weight is 432 g/mol. The van der Waals surface area contributed by atoms with E-state index < -0.39 is 16.0 Å². The van der Waals surface area contributed by atoms with Gasteiger partial charge in [-0.1, -0.05) is 41.9 Å². The monoisotopic (exact) mass is 431 g/mol. The minimum Gasteiger partial charge on any atom is -0.507 e. The lowest BCUT2D eigenvalue weighted by Gasteiger charge is -2.18. The van der Waals surface area contributed by atoms with E-state index in [0.717, 1.165) is 15.4 Å². The molecule has 0 spiro atoms. The van der Waals surface area contributed by atoms with Crippen LogP contribution >= 0.6 is 11.6 Å². The van der Waals surface area contributed by atoms with Gasteiger partial charge in [-0.2, -0.15) is 4.31 Å². The first kappa shape index (κ1) is 20.9. The molecule has 0 bridgehead atoms. The number of carboxylic acid groups (broad SMARTS) is 1. The SMILES string of the molecule is CN(Cc1ccc(O)c(C(=O)O)c1)S(=O)(=O)c1ccc(-c2ccc(Cl)cc2)cc1. The predicted octanol–water partition coefficient (Wildman–Crippen LogP) is 4.23. The molecule has 0 amide bonds. The Morgan fingerprint density at radius 1 is 0.966 bits per heavy atom. The molecule has 0 saturated heterocycles. The molecule has 0 heterocycles. The molecule has 0 radical (unpaired) electrons. The van der Waals surface area contributed by atoms with Crippen LogP contribution in [0.1, 0.15) is 15.9 Å². The first-order valence-corrected chi connectivity index (χ1v) is 10.4. The molecule has 0 saturated carbocycles. The molecule has 3 aromatic rings. The van der Waals surface area contributed by atoms with Gasteiger partial charge >= 0.3 is 5.97 Å². The van der Waals surface area contributed by atoms with Crippen LogP contribution in [0.5, 0.6) is 5.75 Å². The molecule has 6 nitrogen and oxygen atoms in total. The van der Waals surface area contributed by atoms with Crippen LogP contribution in [-0.4, -0.2) is 36.0 Å². The number of nitrogens with zero attached hydrogens (tertiary/aromatic N) is 1. The number of sulfonamides is 1. The lowest BCUT2D eigenvalue weighted by atomic mass is 10.1. The third-order valence-corrected chi connectivity index (χ3v) is 6.51. The Balaban J connectivity index is 1.82. The van der Waals surface area contributed by atoms with Crippen molar-refractivity contribution in [1.82, 2.24) is 4.31 Å². The Labute approximate surface area is 173 Å². The number of aromatic hydroxyl groups is 1. The Morgan fingerprint density at radius 3 is 2.07 bits per heavy atom. The van der Waals surface area contributed by atoms with E-state index in [-0.39, 0.29) is 22.8 Å². The normalized spacial score (nSPS) is 11.6. The standard InChI is InChI=1S/C21H18ClNO5S/c1-23(13-14-2-11-20(24)19(12-14)21(25)26)29(27,28)18-9-5-16(6-10-18)15-3-7-17(22)8-4-15/h2-12,24H,13H2,1H3,(H,25,26). The first-order chi connectivity index (χ1) is 13.7. The van der Waals surface area contributed by atoms with Gasteiger partial charge in [0.2, 0.25) is 10.0 Å². The smallest absolute Gasteiger partial charge is 0.339 e. The molecule has 2 N–H and O–H groups in total. The summed E-state index contributed by atoms with van der Waals surface area (Å²) in [4.78, 5) is 11.3. The zero-order valence-electron chi connectivity index (χ0n) is 15.4. The van der Waals surface area contributed by atoms with Crippen LogP contribution in [0.25, 0.3) is 11.1 Å². The molecule has 0 aliphatic heterocycles. The van der Waals surface area contributed by atoms with Crippen LogP contribution in [0, 0.1) is 0 Å². The van der Waals surface area contributed by atoms with Crippen molar-refractivity contribution in [3.05, 3.63) is 82.9 Å². The molecule has 0 aliphatic carbocycles. The zero-order chi connectivity index (χ0) is 21.2. The van der Waals surface area contributed by atoms with Crippen molar-refractivity contribution < 1.29 is 23.4 Å². The zero-order valence-corrected chi connectivity index (χ0v) is 17.0. The van der Waals surface area contributed by atoms with Gasteiger partial charge in [0.25, 0.3) is 0 Å². The van der Waals surface area contributed by atoms with E-state index in [2.05, 4.69) is 0 Å². The summed E-state index contributed by atoms with van der Waals surface area (Å²) < 4.78 is 26.8. The third-order valence-electron chi connectivity index (χ3n) is 4.44. The van der Waals surface area contributed by atoms with E-state index in [4.69, 9.17) is 16.7 Å². The Bertz CT molecular complexity index is 1140. The molecule has 29 heavy (non-hydrogen) atoms. The molecule has 0 aliphatic rings. The molecule has 0 unspecified atom stereocenters. The average Bonchev–Trinajstić information content (AvgIpc) is 2.70. The maximum absolute atomic E-state index is 12.9. The van der Waals surface area contributed by atoms with Crippen LogP contribution in [0.3, 0.4) is 0 Å². The molecule has 3 rings (SSSR count). The maximum Gasteiger partial charge on any atom is 0.339 e. The van der Waals surface area contributed by atoms with E-state index in [0.29, 0.717) is 10.6 Å². The van der Waals surface area contributed by atoms with Gasteiger partial charge in [0, 0.05) is 18.6 Å². The summed E-state index contributed by atoms with van der Waals surface area (Å²) in [6, 6.07) is 17.7. The highest BCUT2D eigenvalue weighted by Crippen LogP contribution is 2.25. The molecule has 150 valence electrons. The summed E-state index contributed by atoms with van der Waals surface area (Å²) in [7, 11) is -2.37. The number of hydrogen-bond donors (Lipinski definition) is 2. The van der Waals surface area contributed by atoms with Gasteiger partial charge in [0.1, 0.15) is 11.3 Å². The number of hydrogen-bond acceptors (Lipinski definition) is 4. The van der Waals surface area contributed by atoms with Crippen LogP contribution in [0.2, 0.25) is 5.02 Å². The highest BCUT2D eigenvalue weighted by Gasteiger charge is 2.22. The molecule has 0 fully saturated rings. The van der Waals surface area contributed by atoms with Crippen LogP contribution in [0.15, 0.2) is 71.6 Å². The van der Waals surface area contributed by atoms with Crippen molar-refractivity contribution in [2.75, 3.05) is 7.05 Å². The number of halogens is 1. The highest BCUT2D eigenvalue weighted by molar-refractivity contribution is 7.89. The number of benzene rings is 3. The number of carboxylic acids is 1. The lowest BCUT2D eigenvalue weighted by molar-refractivity contribution is 0.0693. The van der Waals surface area contributed by atoms with E-state index in [1.165, 1.54) is 37.4 Å². The van der Waals surface area contributed by atoms with Crippen molar-refractivity contribution in [1.29, 1.82) is 0 Å². The third kappa shape index (κ3) is 4.59. The fourth-order valence-electron chi connectivity index (χ4n) is 2.84. The summed E-state index contributed by atoms with van der Waals surface area (Å²) in [6.07, 6.45) is 0. The lowest BCUT2D eigenvalue weighted by Crippen LogP contribution is -2.26. The van der Waals surface area contributed by atoms with Gasteiger partial charge in [-0.25, -0.2) is 13.2 Å². The van der Waals surface area contributed by atoms with Crippen LogP contribution in [-0.2, 0) is 16.6 Å². The van der Waals surface area contributed by atoms with E-state index in [9.17, 15) is 18.3 Å². The van der Waals surface area contributed by atoms with Crippen molar-refractivity contribution in [3.63, 3.8) is 0 Å². The Kier molecular flexibility index (Phi) is 5.93. The van der Waals surface area contributed by atoms with E-state index in [1.807, 2.05) is 12.1 Å². The second-order valence-corrected chi connectivity index (χ2v) is 8.93. The topological polar surface area (TPSA) is 94.9 Å². The van der Waals surface area contributed by atoms with Gasteiger partial charge in [0.05, 0.1) is 4.90 Å². The summed E-state index contributed by atoms with van der Waals surface area (Å²) in [6.45, 7) is -0.0399. The van der Waals surface area contributed by atoms with E-state index in [1.54, 1.807) is 24.3 Å². The fraction of sp³-hybridized carbons (Fsp3) is 0.0952. The van der Waals surface area contributed by atoms with E-state index >= 15 is 0 Å². The second-order valence-electron chi connectivity index (χ2n) is 6.45. The Hall–Kier alpha value is -2.87. The molecule has 3 aromatic carbocycles. The minimum absolute atomic E-state index is 0.0399. The molecular weight excluding hydrogens is 414 g/mol. The number of phenols is 1. The fourth-order valence-corrected chi connectivity index (χ4v) is 4.12. The number of rotatable bonds is 6. The van der Waals surface area contributed by atoms with Crippen molar-refractivity contribution in [2.24, 2.45) is 0 Å². The first-order valence-electron chi connectivity index (χ1n) is 8.56. The van der Waals surface area contributed by atoms with Crippen LogP contribution < -0.4 is 0 Å². The van der Waals surface area contributed by atoms with Crippen molar-refractivity contribution in [3.8, 4) is 16.9 Å². The van der Waals surface area contributed by atoms with Crippen molar-refractivity contribution in [2.45, 2.75) is 11.4 Å². The van der Waals surface area contributed by atoms with Gasteiger partial charge in [-0.15, -0.1) is 0 Å². The highest BCUT2D eigenvalue weighted by atomic mass is 35.5. The summed E-state index contributed by atoms with van der Waals surface area (Å²) >= 11 is 5.89. The number of aromatic carboxylic acids is 1. The van der Waals surface area contributed by atoms with Gasteiger partial charge in [0.15, 0.2) is 0 Å². The summed E-state index contributed by atoms with van der Waals surface area (Å²) in [5.74, 6) is -1.66. The predicted molar refractivity (Wildman–Crippen MR) is 111 cm³/mol. The second kappa shape index (κ2) is 8.24. The van der Waals surface area contributed by atoms with Gasteiger partial charge in [-0.3, -0.25) is 0 Å². The van der Waals surface area contributed by atoms with Gasteiger partial charge in [-0.05, 0) is 53.1 Å². The largest absolute Gasteiger partial charge is 0.507 e. The summed E-state index contributed by atoms with van der Waals surface area (Å²) in [5, 5.41) is 19.3. The molecular formula is C21H18ClNO5S. The van der Waals surface area contributed by atoms with Gasteiger partial charge < -0.3 is 10.2 Å².